The highest BCUT2D eigenvalue weighted by Gasteiger charge is 2.32. The smallest absolute Gasteiger partial charge is 0.255 e. The molecule has 4 N–H and O–H groups in total. The number of rotatable bonds is 5. The van der Waals surface area contributed by atoms with E-state index < -0.39 is 35.8 Å². The van der Waals surface area contributed by atoms with Crippen molar-refractivity contribution in [3.63, 3.8) is 0 Å². The Morgan fingerprint density at radius 1 is 1.02 bits per heavy atom. The lowest BCUT2D eigenvalue weighted by molar-refractivity contribution is -0.137. The van der Waals surface area contributed by atoms with E-state index in [0.29, 0.717) is 32.8 Å². The van der Waals surface area contributed by atoms with Crippen molar-refractivity contribution >= 4 is 29.5 Å². The number of ether oxygens (including phenoxy) is 2. The van der Waals surface area contributed by atoms with E-state index in [9.17, 15) is 24.0 Å². The average Bonchev–Trinajstić information content (AvgIpc) is 2.95. The monoisotopic (exact) mass is 574 g/mol. The summed E-state index contributed by atoms with van der Waals surface area (Å²) < 4.78 is 11.0. The first-order valence-corrected chi connectivity index (χ1v) is 14.0. The summed E-state index contributed by atoms with van der Waals surface area (Å²) >= 11 is 0. The van der Waals surface area contributed by atoms with Crippen molar-refractivity contribution < 1.29 is 33.4 Å². The van der Waals surface area contributed by atoms with Crippen molar-refractivity contribution in [3.05, 3.63) is 29.8 Å². The van der Waals surface area contributed by atoms with E-state index in [4.69, 9.17) is 9.47 Å². The van der Waals surface area contributed by atoms with Crippen LogP contribution in [0.15, 0.2) is 24.3 Å². The molecule has 0 bridgehead atoms. The fourth-order valence-electron chi connectivity index (χ4n) is 4.63. The Hall–Kier alpha value is -3.71. The number of hydrogen-bond donors (Lipinski definition) is 4. The number of para-hydroxylation sites is 1. The number of nitrogens with zero attached hydrogens (tertiary/aromatic N) is 2. The largest absolute Gasteiger partial charge is 0.491 e. The maximum Gasteiger partial charge on any atom is 0.255 e. The molecule has 41 heavy (non-hydrogen) atoms. The molecule has 0 aliphatic carbocycles. The maximum atomic E-state index is 13.6. The molecular formula is C28H42N6O7. The topological polar surface area (TPSA) is 158 Å². The summed E-state index contributed by atoms with van der Waals surface area (Å²) in [5.41, 5.74) is 0.190. The number of piperazine rings is 1. The standard InChI is InChI=1S/C28H42N6O7/c1-18(2)25-27(38)30-19(3)17-41-22-8-6-5-7-20(22)26(37)31-21(15-23(35)29-16-24(36)32-25)28(39)34-11-9-33(10-12-34)13-14-40-4/h5-8,18-19,21,25H,9-17H2,1-4H3,(H,29,35)(H,30,38)(H,31,37)(H,32,36)/t19-,21-,25+/m0/s1. The third kappa shape index (κ3) is 9.42. The van der Waals surface area contributed by atoms with Gasteiger partial charge in [0.1, 0.15) is 24.4 Å². The Balaban J connectivity index is 1.83. The Bertz CT molecular complexity index is 1090. The van der Waals surface area contributed by atoms with E-state index in [0.717, 1.165) is 6.54 Å². The molecule has 226 valence electrons. The van der Waals surface area contributed by atoms with Crippen LogP contribution in [-0.2, 0) is 23.9 Å². The van der Waals surface area contributed by atoms with Gasteiger partial charge in [0.15, 0.2) is 0 Å². The molecule has 13 nitrogen and oxygen atoms in total. The minimum absolute atomic E-state index is 0.0601. The van der Waals surface area contributed by atoms with Gasteiger partial charge < -0.3 is 35.6 Å². The van der Waals surface area contributed by atoms with Gasteiger partial charge in [0.25, 0.3) is 5.91 Å². The molecule has 0 radical (unpaired) electrons. The molecule has 2 heterocycles. The van der Waals surface area contributed by atoms with E-state index in [1.807, 2.05) is 0 Å². The lowest BCUT2D eigenvalue weighted by atomic mass is 10.0. The van der Waals surface area contributed by atoms with Gasteiger partial charge in [0.05, 0.1) is 31.2 Å². The second kappa shape index (κ2) is 15.3. The quantitative estimate of drug-likeness (QED) is 0.353. The fourth-order valence-corrected chi connectivity index (χ4v) is 4.63. The number of benzene rings is 1. The van der Waals surface area contributed by atoms with Gasteiger partial charge in [-0.15, -0.1) is 0 Å². The van der Waals surface area contributed by atoms with Gasteiger partial charge in [-0.25, -0.2) is 0 Å². The second-order valence-corrected chi connectivity index (χ2v) is 10.7. The third-order valence-electron chi connectivity index (χ3n) is 7.01. The third-order valence-corrected chi connectivity index (χ3v) is 7.01. The normalized spacial score (nSPS) is 23.8. The van der Waals surface area contributed by atoms with E-state index in [-0.39, 0.29) is 48.6 Å². The Morgan fingerprint density at radius 2 is 1.73 bits per heavy atom. The molecule has 0 spiro atoms. The Kier molecular flexibility index (Phi) is 11.9. The minimum atomic E-state index is -1.16. The lowest BCUT2D eigenvalue weighted by Gasteiger charge is -2.36. The highest BCUT2D eigenvalue weighted by molar-refractivity contribution is 6.01. The van der Waals surface area contributed by atoms with Gasteiger partial charge in [-0.1, -0.05) is 26.0 Å². The lowest BCUT2D eigenvalue weighted by Crippen LogP contribution is -2.56. The van der Waals surface area contributed by atoms with Crippen LogP contribution in [0.3, 0.4) is 0 Å². The number of methoxy groups -OCH3 is 1. The molecule has 1 saturated heterocycles. The van der Waals surface area contributed by atoms with E-state index in [2.05, 4.69) is 26.2 Å². The van der Waals surface area contributed by atoms with Crippen molar-refractivity contribution in [1.82, 2.24) is 31.1 Å². The number of nitrogens with one attached hydrogen (secondary N) is 4. The Morgan fingerprint density at radius 3 is 2.41 bits per heavy atom. The summed E-state index contributed by atoms with van der Waals surface area (Å²) in [4.78, 5) is 69.1. The zero-order valence-corrected chi connectivity index (χ0v) is 24.2. The first-order valence-electron chi connectivity index (χ1n) is 14.0. The molecule has 1 aromatic carbocycles. The fraction of sp³-hybridized carbons (Fsp3) is 0.607. The molecule has 13 heteroatoms. The molecule has 1 fully saturated rings. The van der Waals surface area contributed by atoms with Gasteiger partial charge in [0.2, 0.25) is 23.6 Å². The predicted octanol–water partition coefficient (Wildman–Crippen LogP) is -0.880. The summed E-state index contributed by atoms with van der Waals surface area (Å²) in [5.74, 6) is -2.44. The van der Waals surface area contributed by atoms with Gasteiger partial charge in [-0.05, 0) is 25.0 Å². The zero-order valence-electron chi connectivity index (χ0n) is 24.2. The van der Waals surface area contributed by atoms with Crippen molar-refractivity contribution in [2.24, 2.45) is 5.92 Å². The Labute approximate surface area is 240 Å². The molecule has 3 rings (SSSR count). The molecule has 2 aliphatic rings. The molecule has 0 aromatic heterocycles. The van der Waals surface area contributed by atoms with Crippen LogP contribution in [0.2, 0.25) is 0 Å². The minimum Gasteiger partial charge on any atom is -0.491 e. The SMILES string of the molecule is COCCN1CCN(C(=O)[C@@H]2CC(=O)NCC(=O)N[C@H](C(C)C)C(=O)N[C@@H](C)COc3ccccc3C(=O)N2)CC1. The van der Waals surface area contributed by atoms with Crippen LogP contribution in [0, 0.1) is 5.92 Å². The molecule has 2 aliphatic heterocycles. The molecule has 0 unspecified atom stereocenters. The number of hydrogen-bond acceptors (Lipinski definition) is 8. The summed E-state index contributed by atoms with van der Waals surface area (Å²) in [6, 6.07) is 4.14. The van der Waals surface area contributed by atoms with Crippen molar-refractivity contribution in [2.75, 3.05) is 59.6 Å². The van der Waals surface area contributed by atoms with Crippen LogP contribution in [0.4, 0.5) is 0 Å². The number of fused-ring (bicyclic) bond motifs is 1. The van der Waals surface area contributed by atoms with E-state index in [1.54, 1.807) is 57.0 Å². The van der Waals surface area contributed by atoms with Crippen LogP contribution >= 0.6 is 0 Å². The average molecular weight is 575 g/mol. The predicted molar refractivity (Wildman–Crippen MR) is 150 cm³/mol. The zero-order chi connectivity index (χ0) is 29.9. The molecule has 5 amide bonds. The van der Waals surface area contributed by atoms with Crippen LogP contribution in [0.5, 0.6) is 5.75 Å². The van der Waals surface area contributed by atoms with Crippen molar-refractivity contribution in [1.29, 1.82) is 0 Å². The van der Waals surface area contributed by atoms with E-state index >= 15 is 0 Å². The van der Waals surface area contributed by atoms with Gasteiger partial charge in [0, 0.05) is 39.8 Å². The number of amides is 5. The van der Waals surface area contributed by atoms with Crippen LogP contribution in [-0.4, -0.2) is 117 Å². The van der Waals surface area contributed by atoms with Gasteiger partial charge in [-0.3, -0.25) is 28.9 Å². The molecule has 1 aromatic rings. The van der Waals surface area contributed by atoms with Gasteiger partial charge >= 0.3 is 0 Å². The highest BCUT2D eigenvalue weighted by Crippen LogP contribution is 2.19. The van der Waals surface area contributed by atoms with Gasteiger partial charge in [-0.2, -0.15) is 0 Å². The summed E-state index contributed by atoms with van der Waals surface area (Å²) in [6.07, 6.45) is -0.365. The maximum absolute atomic E-state index is 13.6. The van der Waals surface area contributed by atoms with Crippen molar-refractivity contribution in [3.8, 4) is 5.75 Å². The van der Waals surface area contributed by atoms with Crippen LogP contribution in [0.1, 0.15) is 37.6 Å². The highest BCUT2D eigenvalue weighted by atomic mass is 16.5. The number of carbonyl (C=O) groups excluding carboxylic acids is 5. The van der Waals surface area contributed by atoms with Crippen LogP contribution in [0.25, 0.3) is 0 Å². The number of carbonyl (C=O) groups is 5. The summed E-state index contributed by atoms with van der Waals surface area (Å²) in [7, 11) is 1.64. The molecule has 0 saturated carbocycles. The van der Waals surface area contributed by atoms with E-state index in [1.165, 1.54) is 0 Å². The summed E-state index contributed by atoms with van der Waals surface area (Å²) in [5, 5.41) is 10.7. The summed E-state index contributed by atoms with van der Waals surface area (Å²) in [6.45, 7) is 8.51. The second-order valence-electron chi connectivity index (χ2n) is 10.7. The molecule has 3 atom stereocenters. The van der Waals surface area contributed by atoms with Crippen molar-refractivity contribution in [2.45, 2.75) is 45.3 Å². The molecular weight excluding hydrogens is 532 g/mol. The first-order chi connectivity index (χ1) is 19.6. The first kappa shape index (κ1) is 31.8. The van der Waals surface area contributed by atoms with Crippen LogP contribution < -0.4 is 26.0 Å².